The predicted octanol–water partition coefficient (Wildman–Crippen LogP) is 4.38. The van der Waals surface area contributed by atoms with E-state index >= 15 is 0 Å². The maximum Gasteiger partial charge on any atom is 0.173 e. The Morgan fingerprint density at radius 2 is 1.61 bits per heavy atom. The minimum absolute atomic E-state index is 0.310. The van der Waals surface area contributed by atoms with Crippen molar-refractivity contribution in [1.29, 1.82) is 0 Å². The highest BCUT2D eigenvalue weighted by molar-refractivity contribution is 6.84. The number of aliphatic hydroxyl groups excluding tert-OH is 1. The normalized spacial score (nSPS) is 19.2. The summed E-state index contributed by atoms with van der Waals surface area (Å²) in [6, 6.07) is 2.45. The minimum Gasteiger partial charge on any atom is -0.455 e. The fourth-order valence-corrected chi connectivity index (χ4v) is 13.0. The summed E-state index contributed by atoms with van der Waals surface area (Å²) >= 11 is 0. The van der Waals surface area contributed by atoms with Crippen molar-refractivity contribution in [2.45, 2.75) is 76.8 Å². The van der Waals surface area contributed by atoms with Gasteiger partial charge in [0.15, 0.2) is 16.6 Å². The predicted molar refractivity (Wildman–Crippen MR) is 83.9 cm³/mol. The Labute approximate surface area is 115 Å². The molecular formula is C14H32O2Si2. The van der Waals surface area contributed by atoms with Crippen molar-refractivity contribution in [2.24, 2.45) is 5.92 Å². The van der Waals surface area contributed by atoms with Gasteiger partial charge in [-0.1, -0.05) is 32.1 Å². The van der Waals surface area contributed by atoms with Crippen molar-refractivity contribution < 1.29 is 9.22 Å². The second-order valence-corrected chi connectivity index (χ2v) is 15.9. The number of hydrogen-bond acceptors (Lipinski definition) is 2. The smallest absolute Gasteiger partial charge is 0.173 e. The van der Waals surface area contributed by atoms with Crippen molar-refractivity contribution in [2.75, 3.05) is 6.61 Å². The molecule has 0 aromatic carbocycles. The molecular weight excluding hydrogens is 256 g/mol. The lowest BCUT2D eigenvalue weighted by Crippen LogP contribution is -2.45. The zero-order valence-electron chi connectivity index (χ0n) is 12.8. The fraction of sp³-hybridized carbons (Fsp3) is 1.00. The van der Waals surface area contributed by atoms with Crippen LogP contribution in [0.25, 0.3) is 0 Å². The van der Waals surface area contributed by atoms with Gasteiger partial charge in [0.2, 0.25) is 0 Å². The molecule has 1 N–H and O–H groups in total. The SMILES string of the molecule is C[Si](C)(CCCO)O[Si](C)(C)CC1CCCCC1. The molecule has 18 heavy (non-hydrogen) atoms. The molecule has 0 unspecified atom stereocenters. The molecule has 4 heteroatoms. The summed E-state index contributed by atoms with van der Waals surface area (Å²) in [5.41, 5.74) is 0. The lowest BCUT2D eigenvalue weighted by molar-refractivity contribution is 0.292. The van der Waals surface area contributed by atoms with Crippen LogP contribution >= 0.6 is 0 Å². The third-order valence-electron chi connectivity index (χ3n) is 3.99. The number of rotatable bonds is 7. The molecule has 0 aliphatic heterocycles. The van der Waals surface area contributed by atoms with Gasteiger partial charge < -0.3 is 9.22 Å². The largest absolute Gasteiger partial charge is 0.455 e. The van der Waals surface area contributed by atoms with E-state index in [1.54, 1.807) is 0 Å². The van der Waals surface area contributed by atoms with Gasteiger partial charge in [0.25, 0.3) is 0 Å². The zero-order chi connectivity index (χ0) is 13.6. The van der Waals surface area contributed by atoms with Gasteiger partial charge in [0.1, 0.15) is 0 Å². The molecule has 1 aliphatic carbocycles. The quantitative estimate of drug-likeness (QED) is 0.705. The first-order chi connectivity index (χ1) is 8.35. The Hall–Kier alpha value is 0.354. The molecule has 0 aromatic rings. The van der Waals surface area contributed by atoms with E-state index in [1.165, 1.54) is 38.1 Å². The Bertz CT molecular complexity index is 236. The highest BCUT2D eigenvalue weighted by Crippen LogP contribution is 2.33. The highest BCUT2D eigenvalue weighted by atomic mass is 28.4. The van der Waals surface area contributed by atoms with E-state index in [4.69, 9.17) is 9.22 Å². The fourth-order valence-electron chi connectivity index (χ4n) is 3.43. The first-order valence-corrected chi connectivity index (χ1v) is 13.9. The Morgan fingerprint density at radius 3 is 2.17 bits per heavy atom. The molecule has 2 nitrogen and oxygen atoms in total. The van der Waals surface area contributed by atoms with E-state index in [2.05, 4.69) is 26.2 Å². The lowest BCUT2D eigenvalue weighted by Gasteiger charge is -2.37. The maximum atomic E-state index is 8.97. The van der Waals surface area contributed by atoms with Crippen LogP contribution in [-0.2, 0) is 4.12 Å². The van der Waals surface area contributed by atoms with Crippen LogP contribution in [0.1, 0.15) is 38.5 Å². The van der Waals surface area contributed by atoms with Gasteiger partial charge in [0.05, 0.1) is 0 Å². The summed E-state index contributed by atoms with van der Waals surface area (Å²) in [6.45, 7) is 9.74. The van der Waals surface area contributed by atoms with Gasteiger partial charge in [-0.3, -0.25) is 0 Å². The molecule has 1 rings (SSSR count). The van der Waals surface area contributed by atoms with Crippen LogP contribution in [0.2, 0.25) is 38.3 Å². The van der Waals surface area contributed by atoms with Gasteiger partial charge in [-0.2, -0.15) is 0 Å². The summed E-state index contributed by atoms with van der Waals surface area (Å²) in [5, 5.41) is 8.97. The minimum atomic E-state index is -1.54. The topological polar surface area (TPSA) is 29.5 Å². The molecule has 1 aliphatic rings. The molecule has 0 atom stereocenters. The van der Waals surface area contributed by atoms with Crippen molar-refractivity contribution in [3.8, 4) is 0 Å². The summed E-state index contributed by atoms with van der Waals surface area (Å²) in [6.07, 6.45) is 8.07. The van der Waals surface area contributed by atoms with Crippen molar-refractivity contribution in [3.05, 3.63) is 0 Å². The molecule has 0 saturated heterocycles. The molecule has 108 valence electrons. The van der Waals surface area contributed by atoms with Crippen molar-refractivity contribution in [1.82, 2.24) is 0 Å². The second kappa shape index (κ2) is 7.22. The van der Waals surface area contributed by atoms with Crippen molar-refractivity contribution in [3.63, 3.8) is 0 Å². The van der Waals surface area contributed by atoms with E-state index in [1.807, 2.05) is 0 Å². The molecule has 0 heterocycles. The highest BCUT2D eigenvalue weighted by Gasteiger charge is 2.34. The molecule has 0 aromatic heterocycles. The summed E-state index contributed by atoms with van der Waals surface area (Å²) in [5.74, 6) is 0.933. The monoisotopic (exact) mass is 288 g/mol. The van der Waals surface area contributed by atoms with Crippen LogP contribution in [0.5, 0.6) is 0 Å². The van der Waals surface area contributed by atoms with Gasteiger partial charge >= 0.3 is 0 Å². The average Bonchev–Trinajstić information content (AvgIpc) is 2.25. The van der Waals surface area contributed by atoms with Crippen LogP contribution in [0.15, 0.2) is 0 Å². The van der Waals surface area contributed by atoms with E-state index in [0.717, 1.165) is 18.4 Å². The van der Waals surface area contributed by atoms with E-state index < -0.39 is 16.6 Å². The summed E-state index contributed by atoms with van der Waals surface area (Å²) < 4.78 is 6.60. The average molecular weight is 289 g/mol. The summed E-state index contributed by atoms with van der Waals surface area (Å²) in [4.78, 5) is 0. The zero-order valence-corrected chi connectivity index (χ0v) is 14.8. The standard InChI is InChI=1S/C14H32O2Si2/c1-17(2,12-8-11-15)16-18(3,4)13-14-9-6-5-7-10-14/h14-15H,5-13H2,1-4H3. The maximum absolute atomic E-state index is 8.97. The van der Waals surface area contributed by atoms with Crippen LogP contribution in [-0.4, -0.2) is 28.3 Å². The lowest BCUT2D eigenvalue weighted by atomic mass is 9.91. The van der Waals surface area contributed by atoms with Gasteiger partial charge in [-0.05, 0) is 50.6 Å². The number of hydrogen-bond donors (Lipinski definition) is 1. The summed E-state index contributed by atoms with van der Waals surface area (Å²) in [7, 11) is -3.04. The van der Waals surface area contributed by atoms with Gasteiger partial charge in [0, 0.05) is 6.61 Å². The van der Waals surface area contributed by atoms with Crippen LogP contribution in [0.3, 0.4) is 0 Å². The Morgan fingerprint density at radius 1 is 1.00 bits per heavy atom. The third kappa shape index (κ3) is 6.50. The van der Waals surface area contributed by atoms with Crippen molar-refractivity contribution >= 4 is 16.6 Å². The number of aliphatic hydroxyl groups is 1. The molecule has 0 spiro atoms. The molecule has 1 saturated carbocycles. The van der Waals surface area contributed by atoms with Gasteiger partial charge in [-0.15, -0.1) is 0 Å². The molecule has 0 amide bonds. The van der Waals surface area contributed by atoms with E-state index in [0.29, 0.717) is 6.61 Å². The second-order valence-electron chi connectivity index (χ2n) is 7.16. The van der Waals surface area contributed by atoms with E-state index in [9.17, 15) is 0 Å². The third-order valence-corrected chi connectivity index (χ3v) is 11.5. The van der Waals surface area contributed by atoms with Crippen LogP contribution in [0.4, 0.5) is 0 Å². The van der Waals surface area contributed by atoms with Crippen LogP contribution in [0, 0.1) is 5.92 Å². The molecule has 0 radical (unpaired) electrons. The first-order valence-electron chi connectivity index (χ1n) is 7.66. The molecule has 0 bridgehead atoms. The van der Waals surface area contributed by atoms with Crippen LogP contribution < -0.4 is 0 Å². The Kier molecular flexibility index (Phi) is 6.58. The van der Waals surface area contributed by atoms with E-state index in [-0.39, 0.29) is 0 Å². The first kappa shape index (κ1) is 16.4. The Balaban J connectivity index is 2.41. The van der Waals surface area contributed by atoms with Gasteiger partial charge in [-0.25, -0.2) is 0 Å². The molecule has 1 fully saturated rings.